The fraction of sp³-hybridized carbons (Fsp3) is 0.125. The minimum absolute atomic E-state index is 0.0995. The maximum Gasteiger partial charge on any atom is 0.267 e. The summed E-state index contributed by atoms with van der Waals surface area (Å²) in [5.41, 5.74) is 1.62. The Morgan fingerprint density at radius 1 is 1.26 bits per heavy atom. The predicted molar refractivity (Wildman–Crippen MR) is 87.9 cm³/mol. The molecule has 6 nitrogen and oxygen atoms in total. The summed E-state index contributed by atoms with van der Waals surface area (Å²) in [6.07, 6.45) is 4.98. The second kappa shape index (κ2) is 6.97. The molecule has 116 valence electrons. The van der Waals surface area contributed by atoms with Crippen molar-refractivity contribution in [2.45, 2.75) is 13.1 Å². The van der Waals surface area contributed by atoms with Crippen molar-refractivity contribution in [1.29, 1.82) is 0 Å². The molecule has 23 heavy (non-hydrogen) atoms. The molecule has 0 aliphatic heterocycles. The van der Waals surface area contributed by atoms with Crippen molar-refractivity contribution in [2.24, 2.45) is 0 Å². The summed E-state index contributed by atoms with van der Waals surface area (Å²) in [7, 11) is 0. The lowest BCUT2D eigenvalue weighted by Gasteiger charge is -2.07. The Bertz CT molecular complexity index is 858. The second-order valence-electron chi connectivity index (χ2n) is 4.86. The number of aromatic nitrogens is 3. The van der Waals surface area contributed by atoms with Gasteiger partial charge in [0.05, 0.1) is 0 Å². The summed E-state index contributed by atoms with van der Waals surface area (Å²) in [5.74, 6) is -0.271. The summed E-state index contributed by atoms with van der Waals surface area (Å²) in [4.78, 5) is 28.8. The number of carbonyl (C=O) groups excluding carboxylic acids is 1. The SMILES string of the molecule is O=C(Cn1ncccc1=O)NCc1cncc(-c2cccs2)c1. The van der Waals surface area contributed by atoms with E-state index >= 15 is 0 Å². The third-order valence-corrected chi connectivity index (χ3v) is 4.09. The number of nitrogens with one attached hydrogen (secondary N) is 1. The standard InChI is InChI=1S/C16H14N4O2S/c21-15(11-20-16(22)4-1-5-19-20)18-9-12-7-13(10-17-8-12)14-3-2-6-23-14/h1-8,10H,9,11H2,(H,18,21). The molecule has 0 aliphatic rings. The average Bonchev–Trinajstić information content (AvgIpc) is 3.10. The van der Waals surface area contributed by atoms with Gasteiger partial charge < -0.3 is 5.32 Å². The highest BCUT2D eigenvalue weighted by atomic mass is 32.1. The van der Waals surface area contributed by atoms with Gasteiger partial charge in [0.25, 0.3) is 5.56 Å². The second-order valence-corrected chi connectivity index (χ2v) is 5.80. The molecule has 7 heteroatoms. The van der Waals surface area contributed by atoms with Gasteiger partial charge in [0.1, 0.15) is 6.54 Å². The van der Waals surface area contributed by atoms with Gasteiger partial charge in [-0.2, -0.15) is 5.10 Å². The van der Waals surface area contributed by atoms with Crippen LogP contribution in [0.3, 0.4) is 0 Å². The molecule has 1 N–H and O–H groups in total. The molecule has 3 rings (SSSR count). The Morgan fingerprint density at radius 3 is 2.96 bits per heavy atom. The van der Waals surface area contributed by atoms with E-state index in [0.717, 1.165) is 20.7 Å². The highest BCUT2D eigenvalue weighted by molar-refractivity contribution is 7.13. The van der Waals surface area contributed by atoms with E-state index in [1.807, 2.05) is 23.6 Å². The Balaban J connectivity index is 1.62. The van der Waals surface area contributed by atoms with Gasteiger partial charge in [-0.3, -0.25) is 14.6 Å². The molecule has 1 amide bonds. The molecule has 0 aromatic carbocycles. The number of pyridine rings is 1. The fourth-order valence-electron chi connectivity index (χ4n) is 2.06. The van der Waals surface area contributed by atoms with Gasteiger partial charge in [0.2, 0.25) is 5.91 Å². The number of nitrogens with zero attached hydrogens (tertiary/aromatic N) is 3. The molecule has 0 fully saturated rings. The van der Waals surface area contributed by atoms with E-state index in [1.54, 1.807) is 29.8 Å². The van der Waals surface area contributed by atoms with Crippen LogP contribution in [0.1, 0.15) is 5.56 Å². The highest BCUT2D eigenvalue weighted by Gasteiger charge is 2.06. The Hall–Kier alpha value is -2.80. The number of hydrogen-bond donors (Lipinski definition) is 1. The van der Waals surface area contributed by atoms with Crippen molar-refractivity contribution >= 4 is 17.2 Å². The molecule has 3 aromatic heterocycles. The van der Waals surface area contributed by atoms with Crippen LogP contribution in [0.15, 0.2) is 59.1 Å². The minimum Gasteiger partial charge on any atom is -0.350 e. The molecular formula is C16H14N4O2S. The molecular weight excluding hydrogens is 312 g/mol. The monoisotopic (exact) mass is 326 g/mol. The van der Waals surface area contributed by atoms with Gasteiger partial charge >= 0.3 is 0 Å². The molecule has 0 atom stereocenters. The van der Waals surface area contributed by atoms with Crippen molar-refractivity contribution in [3.63, 3.8) is 0 Å². The fourth-order valence-corrected chi connectivity index (χ4v) is 2.77. The molecule has 0 unspecified atom stereocenters. The first kappa shape index (κ1) is 15.1. The first-order valence-electron chi connectivity index (χ1n) is 6.99. The first-order valence-corrected chi connectivity index (χ1v) is 7.87. The summed E-state index contributed by atoms with van der Waals surface area (Å²) >= 11 is 1.64. The smallest absolute Gasteiger partial charge is 0.267 e. The van der Waals surface area contributed by atoms with Crippen LogP contribution in [0.25, 0.3) is 10.4 Å². The zero-order chi connectivity index (χ0) is 16.1. The largest absolute Gasteiger partial charge is 0.350 e. The maximum absolute atomic E-state index is 11.9. The molecule has 3 heterocycles. The van der Waals surface area contributed by atoms with Crippen molar-refractivity contribution in [2.75, 3.05) is 0 Å². The number of carbonyl (C=O) groups is 1. The van der Waals surface area contributed by atoms with Crippen LogP contribution < -0.4 is 10.9 Å². The van der Waals surface area contributed by atoms with Crippen LogP contribution in [-0.4, -0.2) is 20.7 Å². The lowest BCUT2D eigenvalue weighted by molar-refractivity contribution is -0.122. The normalized spacial score (nSPS) is 10.4. The lowest BCUT2D eigenvalue weighted by Crippen LogP contribution is -2.32. The van der Waals surface area contributed by atoms with Gasteiger partial charge in [0.15, 0.2) is 0 Å². The zero-order valence-corrected chi connectivity index (χ0v) is 13.0. The van der Waals surface area contributed by atoms with E-state index in [4.69, 9.17) is 0 Å². The molecule has 0 bridgehead atoms. The Labute approximate surface area is 136 Å². The van der Waals surface area contributed by atoms with E-state index in [-0.39, 0.29) is 18.0 Å². The van der Waals surface area contributed by atoms with E-state index in [2.05, 4.69) is 15.4 Å². The van der Waals surface area contributed by atoms with Crippen LogP contribution in [0, 0.1) is 0 Å². The summed E-state index contributed by atoms with van der Waals surface area (Å²) in [5, 5.41) is 8.63. The molecule has 0 radical (unpaired) electrons. The number of amides is 1. The van der Waals surface area contributed by atoms with Crippen LogP contribution in [0.2, 0.25) is 0 Å². The molecule has 0 spiro atoms. The van der Waals surface area contributed by atoms with E-state index in [1.165, 1.54) is 12.3 Å². The van der Waals surface area contributed by atoms with Crippen molar-refractivity contribution < 1.29 is 4.79 Å². The van der Waals surface area contributed by atoms with Gasteiger partial charge in [-0.1, -0.05) is 6.07 Å². The zero-order valence-electron chi connectivity index (χ0n) is 12.2. The van der Waals surface area contributed by atoms with E-state index in [9.17, 15) is 9.59 Å². The topological polar surface area (TPSA) is 76.9 Å². The Morgan fingerprint density at radius 2 is 2.17 bits per heavy atom. The van der Waals surface area contributed by atoms with E-state index in [0.29, 0.717) is 6.54 Å². The van der Waals surface area contributed by atoms with Gasteiger partial charge in [-0.25, -0.2) is 4.68 Å². The van der Waals surface area contributed by atoms with Crippen LogP contribution in [0.5, 0.6) is 0 Å². The summed E-state index contributed by atoms with van der Waals surface area (Å²) in [6, 6.07) is 8.91. The average molecular weight is 326 g/mol. The van der Waals surface area contributed by atoms with Gasteiger partial charge in [-0.15, -0.1) is 11.3 Å². The highest BCUT2D eigenvalue weighted by Crippen LogP contribution is 2.24. The third kappa shape index (κ3) is 3.89. The van der Waals surface area contributed by atoms with Gasteiger partial charge in [-0.05, 0) is 29.1 Å². The third-order valence-electron chi connectivity index (χ3n) is 3.17. The Kier molecular flexibility index (Phi) is 4.58. The van der Waals surface area contributed by atoms with Gasteiger partial charge in [0, 0.05) is 41.6 Å². The van der Waals surface area contributed by atoms with Crippen molar-refractivity contribution in [3.8, 4) is 10.4 Å². The number of thiophene rings is 1. The van der Waals surface area contributed by atoms with Crippen molar-refractivity contribution in [3.05, 3.63) is 70.2 Å². The van der Waals surface area contributed by atoms with Crippen LogP contribution in [0.4, 0.5) is 0 Å². The first-order chi connectivity index (χ1) is 11.2. The predicted octanol–water partition coefficient (Wildman–Crippen LogP) is 1.68. The van der Waals surface area contributed by atoms with Crippen LogP contribution >= 0.6 is 11.3 Å². The number of rotatable bonds is 5. The van der Waals surface area contributed by atoms with E-state index < -0.39 is 0 Å². The summed E-state index contributed by atoms with van der Waals surface area (Å²) < 4.78 is 1.12. The quantitative estimate of drug-likeness (QED) is 0.774. The molecule has 0 saturated carbocycles. The maximum atomic E-state index is 11.9. The number of hydrogen-bond acceptors (Lipinski definition) is 5. The summed E-state index contributed by atoms with van der Waals surface area (Å²) in [6.45, 7) is 0.254. The van der Waals surface area contributed by atoms with Crippen LogP contribution in [-0.2, 0) is 17.9 Å². The minimum atomic E-state index is -0.302. The molecule has 0 saturated heterocycles. The lowest BCUT2D eigenvalue weighted by atomic mass is 10.2. The molecule has 3 aromatic rings. The van der Waals surface area contributed by atoms with Crippen molar-refractivity contribution in [1.82, 2.24) is 20.1 Å². The molecule has 0 aliphatic carbocycles.